The molecule has 0 aromatic rings. The second-order valence-corrected chi connectivity index (χ2v) is 6.65. The van der Waals surface area contributed by atoms with Crippen molar-refractivity contribution in [3.8, 4) is 0 Å². The third-order valence-electron chi connectivity index (χ3n) is 3.76. The van der Waals surface area contributed by atoms with Gasteiger partial charge in [0.15, 0.2) is 11.6 Å². The molecule has 0 aromatic carbocycles. The molecular weight excluding hydrogens is 274 g/mol. The molecule has 2 aliphatic heterocycles. The predicted octanol–water partition coefficient (Wildman–Crippen LogP) is 1.57. The molecule has 1 amide bonds. The van der Waals surface area contributed by atoms with Crippen LogP contribution in [0, 0.1) is 0 Å². The molecule has 0 saturated carbocycles. The topological polar surface area (TPSA) is 66.0 Å². The number of ether oxygens (including phenoxy) is 4. The summed E-state index contributed by atoms with van der Waals surface area (Å²) in [7, 11) is 0. The number of rotatable bonds is 3. The first-order valence-corrected chi connectivity index (χ1v) is 7.58. The number of carbonyl (C=O) groups is 1. The van der Waals surface area contributed by atoms with Crippen molar-refractivity contribution in [1.82, 2.24) is 5.32 Å². The van der Waals surface area contributed by atoms with Crippen LogP contribution >= 0.6 is 0 Å². The Kier molecular flexibility index (Phi) is 4.63. The van der Waals surface area contributed by atoms with Gasteiger partial charge in [-0.2, -0.15) is 0 Å². The molecule has 0 aromatic heterocycles. The van der Waals surface area contributed by atoms with Crippen molar-refractivity contribution >= 4 is 5.91 Å². The summed E-state index contributed by atoms with van der Waals surface area (Å²) in [6.07, 6.45) is 0.228. The Morgan fingerprint density at radius 2 is 1.71 bits per heavy atom. The van der Waals surface area contributed by atoms with Gasteiger partial charge in [0.2, 0.25) is 5.91 Å². The monoisotopic (exact) mass is 301 g/mol. The highest BCUT2D eigenvalue weighted by atomic mass is 16.8. The lowest BCUT2D eigenvalue weighted by Gasteiger charge is -2.43. The minimum Gasteiger partial charge on any atom is -0.349 e. The number of carbonyl (C=O) groups excluding carboxylic acids is 1. The summed E-state index contributed by atoms with van der Waals surface area (Å²) < 4.78 is 23.7. The highest BCUT2D eigenvalue weighted by molar-refractivity contribution is 5.73. The Hall–Kier alpha value is -0.690. The van der Waals surface area contributed by atoms with Gasteiger partial charge >= 0.3 is 0 Å². The molecular formula is C15H27NO5. The van der Waals surface area contributed by atoms with Crippen LogP contribution in [0.25, 0.3) is 0 Å². The molecule has 4 atom stereocenters. The summed E-state index contributed by atoms with van der Waals surface area (Å²) in [5.41, 5.74) is 0. The van der Waals surface area contributed by atoms with Crippen LogP contribution in [0.2, 0.25) is 0 Å². The van der Waals surface area contributed by atoms with Crippen LogP contribution in [0.5, 0.6) is 0 Å². The van der Waals surface area contributed by atoms with E-state index < -0.39 is 11.6 Å². The Morgan fingerprint density at radius 3 is 2.29 bits per heavy atom. The number of nitrogens with one attached hydrogen (secondary N) is 1. The molecule has 0 bridgehead atoms. The van der Waals surface area contributed by atoms with Crippen LogP contribution < -0.4 is 5.32 Å². The maximum absolute atomic E-state index is 11.4. The van der Waals surface area contributed by atoms with E-state index in [0.717, 1.165) is 6.42 Å². The summed E-state index contributed by atoms with van der Waals surface area (Å²) >= 11 is 0. The van der Waals surface area contributed by atoms with E-state index in [2.05, 4.69) is 12.2 Å². The fraction of sp³-hybridized carbons (Fsp3) is 0.933. The Morgan fingerprint density at radius 1 is 1.10 bits per heavy atom. The zero-order valence-electron chi connectivity index (χ0n) is 13.8. The van der Waals surface area contributed by atoms with Gasteiger partial charge in [0.1, 0.15) is 12.2 Å². The normalized spacial score (nSPS) is 38.2. The van der Waals surface area contributed by atoms with Gasteiger partial charge in [-0.1, -0.05) is 6.92 Å². The zero-order valence-corrected chi connectivity index (χ0v) is 13.8. The standard InChI is InChI=1S/C15H27NO5/c1-7-11-13(21-15(5,6)19-11)12-10(16-9(2)17)8-18-14(3,4)20-12/h10-13H,7-8H2,1-6H3,(H,16,17)/t10-,11-,12-,13-/m1/s1. The van der Waals surface area contributed by atoms with E-state index in [-0.39, 0.29) is 30.3 Å². The first-order chi connectivity index (χ1) is 9.63. The lowest BCUT2D eigenvalue weighted by molar-refractivity contribution is -0.301. The lowest BCUT2D eigenvalue weighted by atomic mass is 9.98. The molecule has 122 valence electrons. The lowest BCUT2D eigenvalue weighted by Crippen LogP contribution is -2.61. The van der Waals surface area contributed by atoms with Gasteiger partial charge in [-0.05, 0) is 34.1 Å². The quantitative estimate of drug-likeness (QED) is 0.857. The van der Waals surface area contributed by atoms with Crippen LogP contribution in [-0.4, -0.2) is 48.4 Å². The second-order valence-electron chi connectivity index (χ2n) is 6.65. The van der Waals surface area contributed by atoms with Gasteiger partial charge < -0.3 is 24.3 Å². The van der Waals surface area contributed by atoms with Crippen molar-refractivity contribution in [3.05, 3.63) is 0 Å². The summed E-state index contributed by atoms with van der Waals surface area (Å²) in [5.74, 6) is -1.45. The van der Waals surface area contributed by atoms with Gasteiger partial charge in [-0.3, -0.25) is 4.79 Å². The summed E-state index contributed by atoms with van der Waals surface area (Å²) in [5, 5.41) is 2.89. The SMILES string of the molecule is CC[C@H]1OC(C)(C)O[C@H]1[C@@H]1OC(C)(C)OC[C@H]1NC(C)=O. The molecule has 0 spiro atoms. The molecule has 2 aliphatic rings. The molecule has 2 saturated heterocycles. The average molecular weight is 301 g/mol. The molecule has 21 heavy (non-hydrogen) atoms. The van der Waals surface area contributed by atoms with E-state index in [4.69, 9.17) is 18.9 Å². The van der Waals surface area contributed by atoms with Gasteiger partial charge in [-0.25, -0.2) is 0 Å². The molecule has 2 rings (SSSR count). The summed E-state index contributed by atoms with van der Waals surface area (Å²) in [6.45, 7) is 11.5. The number of amides is 1. The molecule has 6 nitrogen and oxygen atoms in total. The molecule has 0 radical (unpaired) electrons. The van der Waals surface area contributed by atoms with E-state index in [1.165, 1.54) is 6.92 Å². The number of hydrogen-bond acceptors (Lipinski definition) is 5. The maximum Gasteiger partial charge on any atom is 0.217 e. The van der Waals surface area contributed by atoms with E-state index in [9.17, 15) is 4.79 Å². The molecule has 0 aliphatic carbocycles. The van der Waals surface area contributed by atoms with Crippen molar-refractivity contribution in [1.29, 1.82) is 0 Å². The van der Waals surface area contributed by atoms with Gasteiger partial charge in [-0.15, -0.1) is 0 Å². The predicted molar refractivity (Wildman–Crippen MR) is 76.6 cm³/mol. The fourth-order valence-electron chi connectivity index (χ4n) is 2.97. The third kappa shape index (κ3) is 3.94. The molecule has 2 heterocycles. The highest BCUT2D eigenvalue weighted by Crippen LogP contribution is 2.36. The fourth-order valence-corrected chi connectivity index (χ4v) is 2.97. The maximum atomic E-state index is 11.4. The van der Waals surface area contributed by atoms with Crippen LogP contribution in [-0.2, 0) is 23.7 Å². The van der Waals surface area contributed by atoms with Crippen molar-refractivity contribution in [2.45, 2.75) is 83.9 Å². The summed E-state index contributed by atoms with van der Waals surface area (Å²) in [4.78, 5) is 11.4. The Balaban J connectivity index is 2.20. The first kappa shape index (κ1) is 16.7. The smallest absolute Gasteiger partial charge is 0.217 e. The van der Waals surface area contributed by atoms with E-state index in [0.29, 0.717) is 6.61 Å². The van der Waals surface area contributed by atoms with E-state index in [1.807, 2.05) is 27.7 Å². The Labute approximate surface area is 126 Å². The molecule has 0 unspecified atom stereocenters. The van der Waals surface area contributed by atoms with E-state index >= 15 is 0 Å². The van der Waals surface area contributed by atoms with Crippen molar-refractivity contribution < 1.29 is 23.7 Å². The average Bonchev–Trinajstić information content (AvgIpc) is 2.66. The van der Waals surface area contributed by atoms with Crippen LogP contribution in [0.3, 0.4) is 0 Å². The van der Waals surface area contributed by atoms with Gasteiger partial charge in [0, 0.05) is 6.92 Å². The molecule has 6 heteroatoms. The molecule has 2 fully saturated rings. The van der Waals surface area contributed by atoms with Crippen LogP contribution in [0.4, 0.5) is 0 Å². The third-order valence-corrected chi connectivity index (χ3v) is 3.76. The van der Waals surface area contributed by atoms with Crippen LogP contribution in [0.1, 0.15) is 48.0 Å². The highest BCUT2D eigenvalue weighted by Gasteiger charge is 2.50. The summed E-state index contributed by atoms with van der Waals surface area (Å²) in [6, 6.07) is -0.243. The first-order valence-electron chi connectivity index (χ1n) is 7.58. The van der Waals surface area contributed by atoms with Crippen molar-refractivity contribution in [2.24, 2.45) is 0 Å². The Bertz CT molecular complexity index is 396. The van der Waals surface area contributed by atoms with Gasteiger partial charge in [0.05, 0.1) is 18.8 Å². The largest absolute Gasteiger partial charge is 0.349 e. The number of hydrogen-bond donors (Lipinski definition) is 1. The van der Waals surface area contributed by atoms with Crippen LogP contribution in [0.15, 0.2) is 0 Å². The van der Waals surface area contributed by atoms with E-state index in [1.54, 1.807) is 0 Å². The van der Waals surface area contributed by atoms with Crippen molar-refractivity contribution in [3.63, 3.8) is 0 Å². The van der Waals surface area contributed by atoms with Gasteiger partial charge in [0.25, 0.3) is 0 Å². The minimum atomic E-state index is -0.700. The minimum absolute atomic E-state index is 0.0600. The molecule has 1 N–H and O–H groups in total. The second kappa shape index (κ2) is 5.83. The zero-order chi connectivity index (χ0) is 15.8. The van der Waals surface area contributed by atoms with Crippen molar-refractivity contribution in [2.75, 3.05) is 6.61 Å².